The molecular weight excluding hydrogens is 252 g/mol. The lowest BCUT2D eigenvalue weighted by atomic mass is 10.1. The minimum atomic E-state index is -0.602. The molecule has 0 aliphatic carbocycles. The molecule has 0 spiro atoms. The third-order valence-electron chi connectivity index (χ3n) is 2.24. The van der Waals surface area contributed by atoms with Crippen LogP contribution in [-0.4, -0.2) is 50.7 Å². The maximum absolute atomic E-state index is 11.0. The second-order valence-electron chi connectivity index (χ2n) is 5.31. The van der Waals surface area contributed by atoms with Crippen molar-refractivity contribution in [3.63, 3.8) is 0 Å². The fraction of sp³-hybridized carbons (Fsp3) is 0.833. The van der Waals surface area contributed by atoms with Gasteiger partial charge < -0.3 is 24.8 Å². The number of hydrogen-bond donors (Lipinski definition) is 2. The molecule has 0 bridgehead atoms. The number of carbonyl (C=O) groups is 2. The Balaban J connectivity index is 4.28. The zero-order valence-electron chi connectivity index (χ0n) is 12.5. The van der Waals surface area contributed by atoms with Crippen molar-refractivity contribution in [2.45, 2.75) is 38.9 Å². The number of hydrogen-bond acceptors (Lipinski definition) is 5. The summed E-state index contributed by atoms with van der Waals surface area (Å²) in [6.45, 7) is 7.93. The summed E-state index contributed by atoms with van der Waals surface area (Å²) in [6, 6.07) is 0. The van der Waals surface area contributed by atoms with Gasteiger partial charge in [0.15, 0.2) is 0 Å². The molecule has 0 aliphatic rings. The lowest BCUT2D eigenvalue weighted by Gasteiger charge is -2.36. The highest BCUT2D eigenvalue weighted by atomic mass is 16.5. The van der Waals surface area contributed by atoms with Crippen LogP contribution in [0, 0.1) is 0 Å². The van der Waals surface area contributed by atoms with E-state index in [2.05, 4.69) is 20.1 Å². The van der Waals surface area contributed by atoms with E-state index in [0.29, 0.717) is 13.1 Å². The smallest absolute Gasteiger partial charge is 0.406 e. The molecule has 0 saturated heterocycles. The number of methoxy groups -OCH3 is 2. The van der Waals surface area contributed by atoms with Crippen LogP contribution in [0.1, 0.15) is 27.7 Å². The monoisotopic (exact) mass is 276 g/mol. The highest BCUT2D eigenvalue weighted by molar-refractivity contribution is 5.67. The lowest BCUT2D eigenvalue weighted by molar-refractivity contribution is -0.117. The standard InChI is InChI=1S/C12H24N2O5/c1-11(2,7-13-9(15)17-5)19-12(3,4)8-14-10(16)18-6/h7-8H2,1-6H3,(H,13,15)(H,14,16). The van der Waals surface area contributed by atoms with Gasteiger partial charge in [-0.1, -0.05) is 0 Å². The third-order valence-corrected chi connectivity index (χ3v) is 2.24. The Bertz CT molecular complexity index is 285. The molecule has 19 heavy (non-hydrogen) atoms. The molecule has 0 heterocycles. The first kappa shape index (κ1) is 17.5. The van der Waals surface area contributed by atoms with Crippen LogP contribution in [0.25, 0.3) is 0 Å². The first-order valence-corrected chi connectivity index (χ1v) is 5.96. The Morgan fingerprint density at radius 3 is 1.42 bits per heavy atom. The molecule has 7 nitrogen and oxygen atoms in total. The summed E-state index contributed by atoms with van der Waals surface area (Å²) in [7, 11) is 2.60. The van der Waals surface area contributed by atoms with Crippen molar-refractivity contribution < 1.29 is 23.8 Å². The largest absolute Gasteiger partial charge is 0.453 e. The number of carbonyl (C=O) groups excluding carboxylic acids is 2. The molecule has 0 aromatic carbocycles. The Morgan fingerprint density at radius 1 is 0.842 bits per heavy atom. The summed E-state index contributed by atoms with van der Waals surface area (Å²) in [6.07, 6.45) is -1.02. The van der Waals surface area contributed by atoms with Crippen LogP contribution in [0.15, 0.2) is 0 Å². The molecule has 0 unspecified atom stereocenters. The second-order valence-corrected chi connectivity index (χ2v) is 5.31. The number of amides is 2. The van der Waals surface area contributed by atoms with E-state index in [0.717, 1.165) is 0 Å². The lowest BCUT2D eigenvalue weighted by Crippen LogP contribution is -2.49. The van der Waals surface area contributed by atoms with Crippen LogP contribution >= 0.6 is 0 Å². The molecule has 0 aromatic heterocycles. The van der Waals surface area contributed by atoms with Crippen LogP contribution in [0.2, 0.25) is 0 Å². The van der Waals surface area contributed by atoms with Crippen molar-refractivity contribution in [1.82, 2.24) is 10.6 Å². The van der Waals surface area contributed by atoms with Crippen molar-refractivity contribution in [3.8, 4) is 0 Å². The van der Waals surface area contributed by atoms with E-state index in [9.17, 15) is 9.59 Å². The van der Waals surface area contributed by atoms with Crippen molar-refractivity contribution in [1.29, 1.82) is 0 Å². The van der Waals surface area contributed by atoms with E-state index in [1.807, 2.05) is 27.7 Å². The van der Waals surface area contributed by atoms with Crippen LogP contribution < -0.4 is 10.6 Å². The maximum Gasteiger partial charge on any atom is 0.406 e. The van der Waals surface area contributed by atoms with Crippen LogP contribution in [-0.2, 0) is 14.2 Å². The van der Waals surface area contributed by atoms with Gasteiger partial charge in [0.25, 0.3) is 0 Å². The molecule has 0 radical (unpaired) electrons. The molecule has 2 amide bonds. The predicted molar refractivity (Wildman–Crippen MR) is 70.1 cm³/mol. The van der Waals surface area contributed by atoms with E-state index in [-0.39, 0.29) is 0 Å². The summed E-state index contributed by atoms with van der Waals surface area (Å²) in [5.74, 6) is 0. The topological polar surface area (TPSA) is 85.9 Å². The van der Waals surface area contributed by atoms with Gasteiger partial charge in [0, 0.05) is 13.1 Å². The molecule has 7 heteroatoms. The van der Waals surface area contributed by atoms with Crippen molar-refractivity contribution in [2.24, 2.45) is 0 Å². The fourth-order valence-electron chi connectivity index (χ4n) is 1.53. The highest BCUT2D eigenvalue weighted by Crippen LogP contribution is 2.19. The summed E-state index contributed by atoms with van der Waals surface area (Å²) in [5.41, 5.74) is -1.20. The first-order valence-electron chi connectivity index (χ1n) is 5.96. The molecule has 0 aliphatic heterocycles. The number of nitrogens with one attached hydrogen (secondary N) is 2. The van der Waals surface area contributed by atoms with Gasteiger partial charge >= 0.3 is 12.2 Å². The summed E-state index contributed by atoms with van der Waals surface area (Å²) in [4.78, 5) is 22.0. The first-order chi connectivity index (χ1) is 8.62. The Morgan fingerprint density at radius 2 is 1.16 bits per heavy atom. The van der Waals surface area contributed by atoms with Gasteiger partial charge in [-0.2, -0.15) is 0 Å². The minimum Gasteiger partial charge on any atom is -0.453 e. The van der Waals surface area contributed by atoms with E-state index in [1.54, 1.807) is 0 Å². The van der Waals surface area contributed by atoms with Crippen LogP contribution in [0.5, 0.6) is 0 Å². The molecule has 0 saturated carbocycles. The highest BCUT2D eigenvalue weighted by Gasteiger charge is 2.30. The van der Waals surface area contributed by atoms with Gasteiger partial charge in [-0.3, -0.25) is 0 Å². The fourth-order valence-corrected chi connectivity index (χ4v) is 1.53. The average Bonchev–Trinajstić information content (AvgIpc) is 2.31. The summed E-state index contributed by atoms with van der Waals surface area (Å²) >= 11 is 0. The van der Waals surface area contributed by atoms with Crippen LogP contribution in [0.3, 0.4) is 0 Å². The van der Waals surface area contributed by atoms with E-state index < -0.39 is 23.4 Å². The number of rotatable bonds is 6. The van der Waals surface area contributed by atoms with Gasteiger partial charge in [-0.25, -0.2) is 9.59 Å². The van der Waals surface area contributed by atoms with E-state index >= 15 is 0 Å². The molecule has 112 valence electrons. The van der Waals surface area contributed by atoms with Crippen molar-refractivity contribution in [2.75, 3.05) is 27.3 Å². The van der Waals surface area contributed by atoms with Gasteiger partial charge in [-0.05, 0) is 27.7 Å². The van der Waals surface area contributed by atoms with E-state index in [1.165, 1.54) is 14.2 Å². The zero-order chi connectivity index (χ0) is 15.1. The molecule has 0 aromatic rings. The minimum absolute atomic E-state index is 0.293. The van der Waals surface area contributed by atoms with Gasteiger partial charge in [0.2, 0.25) is 0 Å². The zero-order valence-corrected chi connectivity index (χ0v) is 12.5. The maximum atomic E-state index is 11.0. The summed E-state index contributed by atoms with van der Waals surface area (Å²) in [5, 5.41) is 5.15. The van der Waals surface area contributed by atoms with Crippen molar-refractivity contribution >= 4 is 12.2 Å². The van der Waals surface area contributed by atoms with Gasteiger partial charge in [0.05, 0.1) is 25.4 Å². The normalized spacial score (nSPS) is 11.7. The van der Waals surface area contributed by atoms with Gasteiger partial charge in [0.1, 0.15) is 0 Å². The predicted octanol–water partition coefficient (Wildman–Crippen LogP) is 1.27. The Labute approximate surface area is 114 Å². The quantitative estimate of drug-likeness (QED) is 0.763. The molecule has 0 fully saturated rings. The van der Waals surface area contributed by atoms with Crippen LogP contribution in [0.4, 0.5) is 9.59 Å². The van der Waals surface area contributed by atoms with Crippen molar-refractivity contribution in [3.05, 3.63) is 0 Å². The number of ether oxygens (including phenoxy) is 3. The van der Waals surface area contributed by atoms with Gasteiger partial charge in [-0.15, -0.1) is 0 Å². The summed E-state index contributed by atoms with van der Waals surface area (Å²) < 4.78 is 14.9. The Hall–Kier alpha value is -1.50. The Kier molecular flexibility index (Phi) is 6.61. The molecule has 0 rings (SSSR count). The molecular formula is C12H24N2O5. The SMILES string of the molecule is COC(=O)NCC(C)(C)OC(C)(C)CNC(=O)OC. The average molecular weight is 276 g/mol. The molecule has 0 atom stereocenters. The molecule has 2 N–H and O–H groups in total. The number of alkyl carbamates (subject to hydrolysis) is 2. The third kappa shape index (κ3) is 8.25. The van der Waals surface area contributed by atoms with E-state index in [4.69, 9.17) is 4.74 Å². The second kappa shape index (κ2) is 7.18.